The number of methoxy groups -OCH3 is 1. The summed E-state index contributed by atoms with van der Waals surface area (Å²) in [7, 11) is 1.57. The largest absolute Gasteiger partial charge is 0.495 e. The first kappa shape index (κ1) is 15.6. The molecule has 5 heteroatoms. The fourth-order valence-corrected chi connectivity index (χ4v) is 1.68. The SMILES string of the molecule is COc1cc(Cl)c(C)cc1NCC(=O)NCC(C)C. The van der Waals surface area contributed by atoms with Crippen LogP contribution in [0.3, 0.4) is 0 Å². The third-order valence-electron chi connectivity index (χ3n) is 2.63. The number of nitrogens with one attached hydrogen (secondary N) is 2. The lowest BCUT2D eigenvalue weighted by Gasteiger charge is -2.13. The number of carbonyl (C=O) groups is 1. The zero-order valence-corrected chi connectivity index (χ0v) is 12.6. The van der Waals surface area contributed by atoms with Crippen LogP contribution in [0.2, 0.25) is 5.02 Å². The molecule has 1 aromatic carbocycles. The summed E-state index contributed by atoms with van der Waals surface area (Å²) in [6.07, 6.45) is 0. The Morgan fingerprint density at radius 3 is 2.68 bits per heavy atom. The second-order valence-electron chi connectivity index (χ2n) is 4.85. The van der Waals surface area contributed by atoms with Crippen LogP contribution in [0, 0.1) is 12.8 Å². The molecule has 0 heterocycles. The molecule has 4 nitrogen and oxygen atoms in total. The third-order valence-corrected chi connectivity index (χ3v) is 3.03. The highest BCUT2D eigenvalue weighted by Crippen LogP contribution is 2.30. The zero-order valence-electron chi connectivity index (χ0n) is 11.8. The number of rotatable bonds is 6. The molecule has 106 valence electrons. The molecule has 0 unspecified atom stereocenters. The van der Waals surface area contributed by atoms with Crippen LogP contribution in [-0.2, 0) is 4.79 Å². The zero-order chi connectivity index (χ0) is 14.4. The number of hydrogen-bond donors (Lipinski definition) is 2. The summed E-state index contributed by atoms with van der Waals surface area (Å²) in [6, 6.07) is 3.61. The van der Waals surface area contributed by atoms with Crippen LogP contribution in [-0.4, -0.2) is 26.1 Å². The Morgan fingerprint density at radius 2 is 2.11 bits per heavy atom. The Hall–Kier alpha value is -1.42. The minimum atomic E-state index is -0.0386. The summed E-state index contributed by atoms with van der Waals surface area (Å²) >= 11 is 6.02. The lowest BCUT2D eigenvalue weighted by atomic mass is 10.2. The number of anilines is 1. The van der Waals surface area contributed by atoms with Crippen molar-refractivity contribution in [3.8, 4) is 5.75 Å². The molecular weight excluding hydrogens is 264 g/mol. The molecule has 0 saturated heterocycles. The molecule has 0 aliphatic rings. The van der Waals surface area contributed by atoms with Crippen molar-refractivity contribution in [1.29, 1.82) is 0 Å². The molecule has 0 atom stereocenters. The molecule has 1 aromatic rings. The molecule has 0 spiro atoms. The Morgan fingerprint density at radius 1 is 1.42 bits per heavy atom. The smallest absolute Gasteiger partial charge is 0.239 e. The molecule has 1 rings (SSSR count). The van der Waals surface area contributed by atoms with Crippen molar-refractivity contribution in [2.45, 2.75) is 20.8 Å². The molecular formula is C14H21ClN2O2. The minimum absolute atomic E-state index is 0.0386. The fourth-order valence-electron chi connectivity index (χ4n) is 1.53. The number of amides is 1. The first-order valence-electron chi connectivity index (χ1n) is 6.28. The maximum atomic E-state index is 11.6. The van der Waals surface area contributed by atoms with Gasteiger partial charge < -0.3 is 15.4 Å². The summed E-state index contributed by atoms with van der Waals surface area (Å²) in [4.78, 5) is 11.6. The van der Waals surface area contributed by atoms with Crippen LogP contribution in [0.25, 0.3) is 0 Å². The Labute approximate surface area is 119 Å². The van der Waals surface area contributed by atoms with E-state index in [1.54, 1.807) is 13.2 Å². The summed E-state index contributed by atoms with van der Waals surface area (Å²) in [6.45, 7) is 6.91. The van der Waals surface area contributed by atoms with E-state index in [1.807, 2.05) is 13.0 Å². The van der Waals surface area contributed by atoms with Gasteiger partial charge in [0.25, 0.3) is 0 Å². The van der Waals surface area contributed by atoms with Gasteiger partial charge in [-0.2, -0.15) is 0 Å². The second-order valence-corrected chi connectivity index (χ2v) is 5.26. The van der Waals surface area contributed by atoms with Crippen molar-refractivity contribution in [3.05, 3.63) is 22.7 Å². The molecule has 0 bridgehead atoms. The maximum Gasteiger partial charge on any atom is 0.239 e. The summed E-state index contributed by atoms with van der Waals surface area (Å²) in [5.41, 5.74) is 1.71. The molecule has 2 N–H and O–H groups in total. The Bertz CT molecular complexity index is 447. The minimum Gasteiger partial charge on any atom is -0.495 e. The second kappa shape index (κ2) is 7.24. The molecule has 0 aliphatic heterocycles. The van der Waals surface area contributed by atoms with E-state index >= 15 is 0 Å². The normalized spacial score (nSPS) is 10.4. The van der Waals surface area contributed by atoms with Crippen LogP contribution in [0.1, 0.15) is 19.4 Å². The highest BCUT2D eigenvalue weighted by Gasteiger charge is 2.08. The molecule has 1 amide bonds. The Balaban J connectivity index is 2.62. The maximum absolute atomic E-state index is 11.6. The molecule has 0 fully saturated rings. The van der Waals surface area contributed by atoms with E-state index in [9.17, 15) is 4.79 Å². The van der Waals surface area contributed by atoms with Gasteiger partial charge in [-0.3, -0.25) is 4.79 Å². The topological polar surface area (TPSA) is 50.4 Å². The highest BCUT2D eigenvalue weighted by molar-refractivity contribution is 6.31. The van der Waals surface area contributed by atoms with Gasteiger partial charge in [-0.05, 0) is 24.5 Å². The van der Waals surface area contributed by atoms with Crippen molar-refractivity contribution in [3.63, 3.8) is 0 Å². The first-order chi connectivity index (χ1) is 8.93. The van der Waals surface area contributed by atoms with Crippen LogP contribution in [0.4, 0.5) is 5.69 Å². The van der Waals surface area contributed by atoms with Crippen molar-refractivity contribution in [2.75, 3.05) is 25.5 Å². The van der Waals surface area contributed by atoms with Crippen molar-refractivity contribution in [1.82, 2.24) is 5.32 Å². The lowest BCUT2D eigenvalue weighted by Crippen LogP contribution is -2.32. The summed E-state index contributed by atoms with van der Waals surface area (Å²) < 4.78 is 5.23. The van der Waals surface area contributed by atoms with Crippen molar-refractivity contribution in [2.24, 2.45) is 5.92 Å². The standard InChI is InChI=1S/C14H21ClN2O2/c1-9(2)7-17-14(18)8-16-12-5-10(3)11(15)6-13(12)19-4/h5-6,9,16H,7-8H2,1-4H3,(H,17,18). The van der Waals surface area contributed by atoms with E-state index in [1.165, 1.54) is 0 Å². The number of halogens is 1. The average Bonchev–Trinajstić information content (AvgIpc) is 2.37. The van der Waals surface area contributed by atoms with E-state index in [-0.39, 0.29) is 12.5 Å². The van der Waals surface area contributed by atoms with Gasteiger partial charge in [0.15, 0.2) is 0 Å². The quantitative estimate of drug-likeness (QED) is 0.844. The van der Waals surface area contributed by atoms with Crippen LogP contribution < -0.4 is 15.4 Å². The summed E-state index contributed by atoms with van der Waals surface area (Å²) in [5.74, 6) is 1.03. The first-order valence-corrected chi connectivity index (χ1v) is 6.66. The van der Waals surface area contributed by atoms with Crippen LogP contribution in [0.5, 0.6) is 5.75 Å². The van der Waals surface area contributed by atoms with Gasteiger partial charge in [0, 0.05) is 17.6 Å². The van der Waals surface area contributed by atoms with Gasteiger partial charge in [0.1, 0.15) is 5.75 Å². The number of aryl methyl sites for hydroxylation is 1. The van der Waals surface area contributed by atoms with Crippen molar-refractivity contribution < 1.29 is 9.53 Å². The van der Waals surface area contributed by atoms with E-state index in [2.05, 4.69) is 24.5 Å². The molecule has 0 aromatic heterocycles. The number of carbonyl (C=O) groups excluding carboxylic acids is 1. The number of hydrogen-bond acceptors (Lipinski definition) is 3. The summed E-state index contributed by atoms with van der Waals surface area (Å²) in [5, 5.41) is 6.55. The molecule has 0 saturated carbocycles. The van der Waals surface area contributed by atoms with Gasteiger partial charge in [-0.1, -0.05) is 25.4 Å². The van der Waals surface area contributed by atoms with E-state index in [0.717, 1.165) is 11.3 Å². The van der Waals surface area contributed by atoms with Crippen LogP contribution >= 0.6 is 11.6 Å². The monoisotopic (exact) mass is 284 g/mol. The fraction of sp³-hybridized carbons (Fsp3) is 0.500. The number of ether oxygens (including phenoxy) is 1. The van der Waals surface area contributed by atoms with Gasteiger partial charge >= 0.3 is 0 Å². The predicted octanol–water partition coefficient (Wildman–Crippen LogP) is 2.84. The number of benzene rings is 1. The van der Waals surface area contributed by atoms with Gasteiger partial charge in [0.2, 0.25) is 5.91 Å². The van der Waals surface area contributed by atoms with Gasteiger partial charge in [0.05, 0.1) is 19.3 Å². The van der Waals surface area contributed by atoms with Crippen molar-refractivity contribution >= 4 is 23.2 Å². The predicted molar refractivity (Wildman–Crippen MR) is 79.1 cm³/mol. The molecule has 0 radical (unpaired) electrons. The van der Waals surface area contributed by atoms with Crippen LogP contribution in [0.15, 0.2) is 12.1 Å². The molecule has 19 heavy (non-hydrogen) atoms. The highest BCUT2D eigenvalue weighted by atomic mass is 35.5. The average molecular weight is 285 g/mol. The van der Waals surface area contributed by atoms with Gasteiger partial charge in [-0.25, -0.2) is 0 Å². The van der Waals surface area contributed by atoms with Gasteiger partial charge in [-0.15, -0.1) is 0 Å². The van der Waals surface area contributed by atoms with E-state index in [4.69, 9.17) is 16.3 Å². The van der Waals surface area contributed by atoms with E-state index in [0.29, 0.717) is 23.2 Å². The lowest BCUT2D eigenvalue weighted by molar-refractivity contribution is -0.119. The Kier molecular flexibility index (Phi) is 5.96. The van der Waals surface area contributed by atoms with E-state index < -0.39 is 0 Å². The third kappa shape index (κ3) is 4.99. The molecule has 0 aliphatic carbocycles.